The fourth-order valence-electron chi connectivity index (χ4n) is 3.74. The highest BCUT2D eigenvalue weighted by atomic mass is 79.9. The minimum absolute atomic E-state index is 0.656. The molecule has 0 fully saturated rings. The van der Waals surface area contributed by atoms with E-state index >= 15 is 0 Å². The molecule has 0 atom stereocenters. The maximum absolute atomic E-state index is 5.42. The van der Waals surface area contributed by atoms with Crippen LogP contribution in [0.25, 0.3) is 22.5 Å². The summed E-state index contributed by atoms with van der Waals surface area (Å²) >= 11 is 3.90. The van der Waals surface area contributed by atoms with Crippen LogP contribution < -0.4 is 4.74 Å². The van der Waals surface area contributed by atoms with Gasteiger partial charge in [0.2, 0.25) is 0 Å². The number of aryl methyl sites for hydroxylation is 4. The molecule has 3 aromatic carbocycles. The van der Waals surface area contributed by atoms with E-state index in [9.17, 15) is 0 Å². The summed E-state index contributed by atoms with van der Waals surface area (Å²) in [5.74, 6) is 0.853. The van der Waals surface area contributed by atoms with Gasteiger partial charge in [0.1, 0.15) is 11.4 Å². The second kappa shape index (κ2) is 8.72. The summed E-state index contributed by atoms with van der Waals surface area (Å²) < 4.78 is 8.53. The van der Waals surface area contributed by atoms with Crippen molar-refractivity contribution in [3.63, 3.8) is 0 Å². The lowest BCUT2D eigenvalue weighted by atomic mass is 10.0. The summed E-state index contributed by atoms with van der Waals surface area (Å²) in [6.07, 6.45) is 0. The Bertz CT molecular complexity index is 1260. The van der Waals surface area contributed by atoms with Gasteiger partial charge in [-0.05, 0) is 95.7 Å². The topological polar surface area (TPSA) is 27.1 Å². The van der Waals surface area contributed by atoms with Gasteiger partial charge in [-0.1, -0.05) is 36.4 Å². The lowest BCUT2D eigenvalue weighted by Gasteiger charge is -2.11. The highest BCUT2D eigenvalue weighted by Crippen LogP contribution is 2.38. The third-order valence-electron chi connectivity index (χ3n) is 5.92. The quantitative estimate of drug-likeness (QED) is 0.304. The van der Waals surface area contributed by atoms with Crippen LogP contribution in [0.15, 0.2) is 65.1 Å². The number of hydrogen-bond donors (Lipinski definition) is 0. The molecule has 0 aliphatic carbocycles. The van der Waals surface area contributed by atoms with E-state index < -0.39 is 0 Å². The molecule has 0 radical (unpaired) electrons. The number of halogens is 1. The molecule has 0 bridgehead atoms. The van der Waals surface area contributed by atoms with Crippen molar-refractivity contribution in [3.8, 4) is 28.3 Å². The van der Waals surface area contributed by atoms with Gasteiger partial charge in [-0.15, -0.1) is 0 Å². The van der Waals surface area contributed by atoms with Gasteiger partial charge in [0.15, 0.2) is 0 Å². The highest BCUT2D eigenvalue weighted by Gasteiger charge is 2.20. The van der Waals surface area contributed by atoms with Crippen LogP contribution >= 0.6 is 15.9 Å². The molecule has 0 spiro atoms. The maximum Gasteiger partial charge on any atom is 0.119 e. The van der Waals surface area contributed by atoms with Gasteiger partial charge in [0, 0.05) is 11.1 Å². The average Bonchev–Trinajstić information content (AvgIpc) is 3.08. The first-order chi connectivity index (χ1) is 14.9. The third kappa shape index (κ3) is 4.31. The molecule has 0 aliphatic heterocycles. The standard InChI is InChI=1S/C27H27BrN2O/c1-17-9-11-22(13-19(17)3)26-25(28)27(23-12-10-18(2)20(4)14-23)30(29-26)16-21-7-6-8-24(15-21)31-5/h6-15H,16H2,1-5H3. The largest absolute Gasteiger partial charge is 0.497 e. The molecule has 0 amide bonds. The minimum atomic E-state index is 0.656. The van der Waals surface area contributed by atoms with Crippen LogP contribution in [0.2, 0.25) is 0 Å². The van der Waals surface area contributed by atoms with Gasteiger partial charge < -0.3 is 4.74 Å². The second-order valence-corrected chi connectivity index (χ2v) is 8.91. The van der Waals surface area contributed by atoms with Crippen molar-refractivity contribution in [1.29, 1.82) is 0 Å². The molecule has 0 N–H and O–H groups in total. The number of aromatic nitrogens is 2. The second-order valence-electron chi connectivity index (χ2n) is 8.12. The lowest BCUT2D eigenvalue weighted by molar-refractivity contribution is 0.414. The first kappa shape index (κ1) is 21.4. The molecule has 0 unspecified atom stereocenters. The van der Waals surface area contributed by atoms with Crippen molar-refractivity contribution in [2.75, 3.05) is 7.11 Å². The Kier molecular flexibility index (Phi) is 6.01. The zero-order valence-electron chi connectivity index (χ0n) is 18.7. The maximum atomic E-state index is 5.42. The third-order valence-corrected chi connectivity index (χ3v) is 6.67. The molecular formula is C27H27BrN2O. The SMILES string of the molecule is COc1cccc(Cn2nc(-c3ccc(C)c(C)c3)c(Br)c2-c2ccc(C)c(C)c2)c1. The molecule has 31 heavy (non-hydrogen) atoms. The van der Waals surface area contributed by atoms with E-state index in [1.807, 2.05) is 12.1 Å². The molecule has 0 aliphatic rings. The van der Waals surface area contributed by atoms with E-state index in [-0.39, 0.29) is 0 Å². The molecule has 0 saturated heterocycles. The summed E-state index contributed by atoms with van der Waals surface area (Å²) in [6, 6.07) is 21.3. The van der Waals surface area contributed by atoms with Gasteiger partial charge in [-0.3, -0.25) is 4.68 Å². The monoisotopic (exact) mass is 474 g/mol. The molecule has 4 rings (SSSR count). The van der Waals surface area contributed by atoms with Crippen LogP contribution in [-0.2, 0) is 6.54 Å². The Morgan fingerprint density at radius 3 is 2.10 bits per heavy atom. The summed E-state index contributed by atoms with van der Waals surface area (Å²) in [5, 5.41) is 5.06. The van der Waals surface area contributed by atoms with Crippen molar-refractivity contribution < 1.29 is 4.74 Å². The predicted molar refractivity (Wildman–Crippen MR) is 132 cm³/mol. The van der Waals surface area contributed by atoms with Gasteiger partial charge >= 0.3 is 0 Å². The predicted octanol–water partition coefficient (Wildman–Crippen LogP) is 7.27. The van der Waals surface area contributed by atoms with E-state index in [0.717, 1.165) is 38.3 Å². The average molecular weight is 475 g/mol. The van der Waals surface area contributed by atoms with Crippen molar-refractivity contribution in [2.45, 2.75) is 34.2 Å². The number of hydrogen-bond acceptors (Lipinski definition) is 2. The number of rotatable bonds is 5. The van der Waals surface area contributed by atoms with Crippen molar-refractivity contribution >= 4 is 15.9 Å². The fraction of sp³-hybridized carbons (Fsp3) is 0.222. The van der Waals surface area contributed by atoms with Crippen molar-refractivity contribution in [2.24, 2.45) is 0 Å². The Hall–Kier alpha value is -2.85. The molecule has 3 nitrogen and oxygen atoms in total. The van der Waals surface area contributed by atoms with Crippen LogP contribution in [0.3, 0.4) is 0 Å². The van der Waals surface area contributed by atoms with Crippen molar-refractivity contribution in [1.82, 2.24) is 9.78 Å². The van der Waals surface area contributed by atoms with Crippen LogP contribution in [0.5, 0.6) is 5.75 Å². The van der Waals surface area contributed by atoms with Crippen LogP contribution in [0.1, 0.15) is 27.8 Å². The van der Waals surface area contributed by atoms with Gasteiger partial charge in [-0.25, -0.2) is 0 Å². The highest BCUT2D eigenvalue weighted by molar-refractivity contribution is 9.10. The molecule has 1 aromatic heterocycles. The van der Waals surface area contributed by atoms with Gasteiger partial charge in [0.05, 0.1) is 23.8 Å². The van der Waals surface area contributed by atoms with Crippen LogP contribution in [-0.4, -0.2) is 16.9 Å². The van der Waals surface area contributed by atoms with E-state index in [2.05, 4.69) is 96.8 Å². The zero-order chi connectivity index (χ0) is 22.1. The normalized spacial score (nSPS) is 11.0. The first-order valence-electron chi connectivity index (χ1n) is 10.4. The van der Waals surface area contributed by atoms with Crippen LogP contribution in [0.4, 0.5) is 0 Å². The number of benzene rings is 3. The van der Waals surface area contributed by atoms with E-state index in [1.54, 1.807) is 7.11 Å². The Morgan fingerprint density at radius 2 is 1.45 bits per heavy atom. The smallest absolute Gasteiger partial charge is 0.119 e. The van der Waals surface area contributed by atoms with E-state index in [4.69, 9.17) is 9.84 Å². The Morgan fingerprint density at radius 1 is 0.806 bits per heavy atom. The molecule has 158 valence electrons. The summed E-state index contributed by atoms with van der Waals surface area (Å²) in [6.45, 7) is 9.23. The van der Waals surface area contributed by atoms with Crippen molar-refractivity contribution in [3.05, 3.63) is 93.0 Å². The zero-order valence-corrected chi connectivity index (χ0v) is 20.2. The summed E-state index contributed by atoms with van der Waals surface area (Å²) in [5.41, 5.74) is 10.6. The number of nitrogens with zero attached hydrogens (tertiary/aromatic N) is 2. The van der Waals surface area contributed by atoms with Gasteiger partial charge in [0.25, 0.3) is 0 Å². The number of methoxy groups -OCH3 is 1. The lowest BCUT2D eigenvalue weighted by Crippen LogP contribution is -2.04. The van der Waals surface area contributed by atoms with Crippen LogP contribution in [0, 0.1) is 27.7 Å². The minimum Gasteiger partial charge on any atom is -0.497 e. The van der Waals surface area contributed by atoms with Gasteiger partial charge in [-0.2, -0.15) is 5.10 Å². The fourth-order valence-corrected chi connectivity index (χ4v) is 4.48. The Balaban J connectivity index is 1.88. The molecule has 4 heteroatoms. The number of ether oxygens (including phenoxy) is 1. The first-order valence-corrected chi connectivity index (χ1v) is 11.2. The van der Waals surface area contributed by atoms with E-state index in [1.165, 1.54) is 22.3 Å². The molecule has 1 heterocycles. The summed E-state index contributed by atoms with van der Waals surface area (Å²) in [4.78, 5) is 0. The molecule has 4 aromatic rings. The van der Waals surface area contributed by atoms with E-state index in [0.29, 0.717) is 6.54 Å². The Labute approximate surface area is 192 Å². The summed E-state index contributed by atoms with van der Waals surface area (Å²) in [7, 11) is 1.70. The molecular weight excluding hydrogens is 448 g/mol. The molecule has 0 saturated carbocycles.